The summed E-state index contributed by atoms with van der Waals surface area (Å²) < 4.78 is 33.6. The Bertz CT molecular complexity index is 927. The van der Waals surface area contributed by atoms with Crippen LogP contribution in [0.2, 0.25) is 0 Å². The van der Waals surface area contributed by atoms with E-state index in [4.69, 9.17) is 8.92 Å². The van der Waals surface area contributed by atoms with Gasteiger partial charge in [-0.2, -0.15) is 8.42 Å². The van der Waals surface area contributed by atoms with Gasteiger partial charge in [-0.25, -0.2) is 4.79 Å². The Morgan fingerprint density at radius 1 is 1.13 bits per heavy atom. The van der Waals surface area contributed by atoms with Gasteiger partial charge >= 0.3 is 16.1 Å². The molecule has 0 aliphatic heterocycles. The van der Waals surface area contributed by atoms with E-state index in [2.05, 4.69) is 19.2 Å². The summed E-state index contributed by atoms with van der Waals surface area (Å²) in [4.78, 5) is 14.4. The summed E-state index contributed by atoms with van der Waals surface area (Å²) in [6, 6.07) is 14.2. The summed E-state index contributed by atoms with van der Waals surface area (Å²) in [6.07, 6.45) is 0. The molecule has 0 saturated carbocycles. The van der Waals surface area contributed by atoms with E-state index in [1.165, 1.54) is 12.5 Å². The van der Waals surface area contributed by atoms with E-state index in [0.717, 1.165) is 5.56 Å². The Kier molecular flexibility index (Phi) is 8.68. The third-order valence-electron chi connectivity index (χ3n) is 4.53. The first-order valence-corrected chi connectivity index (χ1v) is 11.5. The topological polar surface area (TPSA) is 84.9 Å². The molecule has 0 fully saturated rings. The number of carbonyl (C=O) groups excluding carboxylic acids is 1. The molecule has 30 heavy (non-hydrogen) atoms. The number of methoxy groups -OCH3 is 1. The molecule has 164 valence electrons. The predicted octanol–water partition coefficient (Wildman–Crippen LogP) is 4.22. The smallest absolute Gasteiger partial charge is 0.322 e. The SMILES string of the molecule is CCS(=O)(=O)Oc1cccc(CN(CCOC)C(=O)Nc2ccc(C(C)C)cc2)c1. The summed E-state index contributed by atoms with van der Waals surface area (Å²) in [5, 5.41) is 2.90. The minimum atomic E-state index is -3.61. The molecule has 2 aromatic carbocycles. The van der Waals surface area contributed by atoms with Gasteiger partial charge in [0.2, 0.25) is 0 Å². The van der Waals surface area contributed by atoms with Crippen LogP contribution in [0.5, 0.6) is 5.75 Å². The molecule has 2 amide bonds. The minimum absolute atomic E-state index is 0.116. The zero-order chi connectivity index (χ0) is 22.1. The lowest BCUT2D eigenvalue weighted by molar-refractivity contribution is 0.153. The maximum atomic E-state index is 12.8. The Hall–Kier alpha value is -2.58. The van der Waals surface area contributed by atoms with E-state index < -0.39 is 10.1 Å². The molecule has 8 heteroatoms. The molecule has 0 aromatic heterocycles. The standard InChI is InChI=1S/C22H30N2O5S/c1-5-30(26,27)29-21-8-6-7-18(15-21)16-24(13-14-28-4)22(25)23-20-11-9-19(10-12-20)17(2)3/h6-12,15,17H,5,13-14,16H2,1-4H3,(H,23,25). The number of nitrogens with one attached hydrogen (secondary N) is 1. The fourth-order valence-electron chi connectivity index (χ4n) is 2.73. The number of carbonyl (C=O) groups is 1. The first-order chi connectivity index (χ1) is 14.2. The zero-order valence-electron chi connectivity index (χ0n) is 17.9. The monoisotopic (exact) mass is 434 g/mol. The number of rotatable bonds is 10. The summed E-state index contributed by atoms with van der Waals surface area (Å²) >= 11 is 0. The highest BCUT2D eigenvalue weighted by Gasteiger charge is 2.16. The van der Waals surface area contributed by atoms with Gasteiger partial charge in [0, 0.05) is 25.9 Å². The second-order valence-electron chi connectivity index (χ2n) is 7.20. The van der Waals surface area contributed by atoms with Crippen LogP contribution in [0.15, 0.2) is 48.5 Å². The molecule has 0 spiro atoms. The van der Waals surface area contributed by atoms with Gasteiger partial charge in [-0.1, -0.05) is 38.1 Å². The normalized spacial score (nSPS) is 11.4. The number of ether oxygens (including phenoxy) is 1. The number of amides is 2. The Morgan fingerprint density at radius 3 is 2.43 bits per heavy atom. The van der Waals surface area contributed by atoms with Crippen molar-refractivity contribution < 1.29 is 22.1 Å². The van der Waals surface area contributed by atoms with Crippen LogP contribution in [0, 0.1) is 0 Å². The van der Waals surface area contributed by atoms with Crippen LogP contribution >= 0.6 is 0 Å². The van der Waals surface area contributed by atoms with Gasteiger partial charge in [0.05, 0.1) is 12.4 Å². The molecule has 0 saturated heterocycles. The van der Waals surface area contributed by atoms with Crippen LogP contribution in [0.3, 0.4) is 0 Å². The van der Waals surface area contributed by atoms with E-state index in [1.807, 2.05) is 30.3 Å². The van der Waals surface area contributed by atoms with Crippen LogP contribution in [0.25, 0.3) is 0 Å². The molecule has 0 radical (unpaired) electrons. The van der Waals surface area contributed by atoms with Crippen LogP contribution in [0.1, 0.15) is 37.8 Å². The highest BCUT2D eigenvalue weighted by atomic mass is 32.2. The molecule has 1 N–H and O–H groups in total. The van der Waals surface area contributed by atoms with Gasteiger partial charge in [-0.3, -0.25) is 0 Å². The highest BCUT2D eigenvalue weighted by Crippen LogP contribution is 2.19. The summed E-state index contributed by atoms with van der Waals surface area (Å²) in [6.45, 7) is 6.78. The molecule has 0 heterocycles. The minimum Gasteiger partial charge on any atom is -0.383 e. The van der Waals surface area contributed by atoms with Crippen molar-refractivity contribution in [1.82, 2.24) is 4.90 Å². The van der Waals surface area contributed by atoms with Gasteiger partial charge in [-0.15, -0.1) is 0 Å². The third-order valence-corrected chi connectivity index (χ3v) is 5.68. The molecule has 0 atom stereocenters. The van der Waals surface area contributed by atoms with E-state index in [0.29, 0.717) is 24.8 Å². The number of hydrogen-bond donors (Lipinski definition) is 1. The average molecular weight is 435 g/mol. The van der Waals surface area contributed by atoms with Gasteiger partial charge in [-0.05, 0) is 48.2 Å². The van der Waals surface area contributed by atoms with Crippen molar-refractivity contribution in [2.24, 2.45) is 0 Å². The average Bonchev–Trinajstić information content (AvgIpc) is 2.71. The first kappa shape index (κ1) is 23.7. The molecular formula is C22H30N2O5S. The summed E-state index contributed by atoms with van der Waals surface area (Å²) in [5.41, 5.74) is 2.65. The van der Waals surface area contributed by atoms with Gasteiger partial charge < -0.3 is 19.1 Å². The second-order valence-corrected chi connectivity index (χ2v) is 9.06. The third kappa shape index (κ3) is 7.35. The lowest BCUT2D eigenvalue weighted by Gasteiger charge is -2.23. The lowest BCUT2D eigenvalue weighted by Crippen LogP contribution is -2.36. The number of nitrogens with zero attached hydrogens (tertiary/aromatic N) is 1. The molecule has 2 aromatic rings. The highest BCUT2D eigenvalue weighted by molar-refractivity contribution is 7.87. The molecule has 0 unspecified atom stereocenters. The predicted molar refractivity (Wildman–Crippen MR) is 118 cm³/mol. The molecular weight excluding hydrogens is 404 g/mol. The zero-order valence-corrected chi connectivity index (χ0v) is 18.7. The first-order valence-electron chi connectivity index (χ1n) is 9.90. The molecule has 0 aliphatic carbocycles. The van der Waals surface area contributed by atoms with Crippen LogP contribution < -0.4 is 9.50 Å². The van der Waals surface area contributed by atoms with Crippen LogP contribution in [-0.2, 0) is 21.4 Å². The van der Waals surface area contributed by atoms with Gasteiger partial charge in [0.15, 0.2) is 0 Å². The van der Waals surface area contributed by atoms with E-state index >= 15 is 0 Å². The number of hydrogen-bond acceptors (Lipinski definition) is 5. The van der Waals surface area contributed by atoms with Gasteiger partial charge in [0.1, 0.15) is 5.75 Å². The number of anilines is 1. The summed E-state index contributed by atoms with van der Waals surface area (Å²) in [5.74, 6) is 0.527. The van der Waals surface area contributed by atoms with Crippen LogP contribution in [-0.4, -0.2) is 45.4 Å². The van der Waals surface area contributed by atoms with Crippen molar-refractivity contribution >= 4 is 21.8 Å². The molecule has 2 rings (SSSR count). The maximum Gasteiger partial charge on any atom is 0.322 e. The maximum absolute atomic E-state index is 12.8. The number of benzene rings is 2. The van der Waals surface area contributed by atoms with Crippen LogP contribution in [0.4, 0.5) is 10.5 Å². The molecule has 0 bridgehead atoms. The quantitative estimate of drug-likeness (QED) is 0.566. The van der Waals surface area contributed by atoms with Crippen molar-refractivity contribution in [2.45, 2.75) is 33.2 Å². The number of urea groups is 1. The van der Waals surface area contributed by atoms with E-state index in [9.17, 15) is 13.2 Å². The molecule has 0 aliphatic rings. The lowest BCUT2D eigenvalue weighted by atomic mass is 10.0. The molecule has 7 nitrogen and oxygen atoms in total. The summed E-state index contributed by atoms with van der Waals surface area (Å²) in [7, 11) is -2.04. The Morgan fingerprint density at radius 2 is 1.83 bits per heavy atom. The second kappa shape index (κ2) is 11.0. The van der Waals surface area contributed by atoms with Crippen molar-refractivity contribution in [3.8, 4) is 5.75 Å². The van der Waals surface area contributed by atoms with Crippen molar-refractivity contribution in [3.05, 3.63) is 59.7 Å². The van der Waals surface area contributed by atoms with Crippen molar-refractivity contribution in [3.63, 3.8) is 0 Å². The Balaban J connectivity index is 2.12. The van der Waals surface area contributed by atoms with E-state index in [-0.39, 0.29) is 24.1 Å². The van der Waals surface area contributed by atoms with Crippen molar-refractivity contribution in [1.29, 1.82) is 0 Å². The van der Waals surface area contributed by atoms with Crippen molar-refractivity contribution in [2.75, 3.05) is 31.3 Å². The van der Waals surface area contributed by atoms with Gasteiger partial charge in [0.25, 0.3) is 0 Å². The Labute approximate surface area is 179 Å². The fourth-order valence-corrected chi connectivity index (χ4v) is 3.24. The fraction of sp³-hybridized carbons (Fsp3) is 0.409. The largest absolute Gasteiger partial charge is 0.383 e. The van der Waals surface area contributed by atoms with E-state index in [1.54, 1.807) is 30.2 Å².